The number of nitrogens with zero attached hydrogens (tertiary/aromatic N) is 4. The zero-order chi connectivity index (χ0) is 46.1. The third-order valence-corrected chi connectivity index (χ3v) is 13.8. The Morgan fingerprint density at radius 3 is 1.56 bits per heavy atom. The Hall–Kier alpha value is -9.45. The second-order valence-electron chi connectivity index (χ2n) is 17.9. The summed E-state index contributed by atoms with van der Waals surface area (Å²) in [5, 5.41) is 8.03. The van der Waals surface area contributed by atoms with Crippen LogP contribution >= 0.6 is 0 Å². The van der Waals surface area contributed by atoms with Crippen molar-refractivity contribution in [1.82, 2.24) is 19.5 Å². The van der Waals surface area contributed by atoms with E-state index in [2.05, 4.69) is 235 Å². The lowest BCUT2D eigenvalue weighted by atomic mass is 9.89. The number of benzene rings is 10. The van der Waals surface area contributed by atoms with E-state index in [-0.39, 0.29) is 0 Å². The molecule has 0 aliphatic heterocycles. The molecule has 0 N–H and O–H groups in total. The molecule has 5 heteroatoms. The number of para-hydroxylation sites is 4. The van der Waals surface area contributed by atoms with Gasteiger partial charge in [-0.3, -0.25) is 0 Å². The topological polar surface area (TPSA) is 56.7 Å². The zero-order valence-electron chi connectivity index (χ0n) is 37.8. The minimum Gasteiger partial charge on any atom is -0.456 e. The zero-order valence-corrected chi connectivity index (χ0v) is 37.8. The van der Waals surface area contributed by atoms with Crippen LogP contribution in [0.1, 0.15) is 0 Å². The molecule has 0 spiro atoms. The van der Waals surface area contributed by atoms with Gasteiger partial charge in [-0.1, -0.05) is 194 Å². The molecule has 70 heavy (non-hydrogen) atoms. The highest BCUT2D eigenvalue weighted by molar-refractivity contribution is 6.27. The maximum atomic E-state index is 6.61. The molecule has 14 aromatic rings. The van der Waals surface area contributed by atoms with Crippen LogP contribution in [0.2, 0.25) is 0 Å². The van der Waals surface area contributed by atoms with Crippen LogP contribution in [0, 0.1) is 0 Å². The van der Waals surface area contributed by atoms with Crippen LogP contribution in [0.5, 0.6) is 0 Å². The summed E-state index contributed by atoms with van der Waals surface area (Å²) in [6.45, 7) is 0. The Bertz CT molecular complexity index is 4270. The van der Waals surface area contributed by atoms with Crippen molar-refractivity contribution in [1.29, 1.82) is 0 Å². The fourth-order valence-electron chi connectivity index (χ4n) is 10.5. The molecule has 0 radical (unpaired) electrons. The van der Waals surface area contributed by atoms with Crippen molar-refractivity contribution in [3.8, 4) is 73.1 Å². The summed E-state index contributed by atoms with van der Waals surface area (Å²) in [7, 11) is 0. The van der Waals surface area contributed by atoms with Gasteiger partial charge < -0.3 is 8.98 Å². The van der Waals surface area contributed by atoms with Gasteiger partial charge in [0, 0.05) is 71.2 Å². The lowest BCUT2D eigenvalue weighted by Crippen LogP contribution is -1.98. The van der Waals surface area contributed by atoms with Crippen molar-refractivity contribution in [3.05, 3.63) is 243 Å². The van der Waals surface area contributed by atoms with Crippen LogP contribution in [0.25, 0.3) is 139 Å². The molecule has 10 aromatic carbocycles. The molecule has 0 atom stereocenters. The Morgan fingerprint density at radius 1 is 0.314 bits per heavy atom. The van der Waals surface area contributed by atoms with Gasteiger partial charge in [0.05, 0.1) is 33.6 Å². The lowest BCUT2D eigenvalue weighted by Gasteiger charge is -2.16. The Labute approximate surface area is 403 Å². The van der Waals surface area contributed by atoms with Gasteiger partial charge in [-0.2, -0.15) is 0 Å². The van der Waals surface area contributed by atoms with Crippen molar-refractivity contribution >= 4 is 65.4 Å². The summed E-state index contributed by atoms with van der Waals surface area (Å²) in [4.78, 5) is 15.8. The molecule has 0 saturated heterocycles. The quantitative estimate of drug-likeness (QED) is 0.150. The molecule has 0 fully saturated rings. The van der Waals surface area contributed by atoms with E-state index < -0.39 is 0 Å². The van der Waals surface area contributed by atoms with Crippen LogP contribution in [-0.2, 0) is 0 Å². The van der Waals surface area contributed by atoms with Crippen LogP contribution in [0.3, 0.4) is 0 Å². The van der Waals surface area contributed by atoms with Crippen molar-refractivity contribution in [3.63, 3.8) is 0 Å². The number of hydrogen-bond acceptors (Lipinski definition) is 4. The first-order valence-electron chi connectivity index (χ1n) is 23.7. The first-order valence-corrected chi connectivity index (χ1v) is 23.7. The standard InChI is InChI=1S/C65H40N4O/c1-3-16-43(17-4-1)55-40-56(47-20-15-21-48(38-47)69-57-27-12-8-22-49(57)50-23-9-13-28-58(50)69)68-65(67-55)46-36-32-42(33-37-46)41-30-34-45(35-31-41)64-53-39-60-63(52-25-10-14-29-59(52)70-60)61(44-18-5-2-6-19-44)62(53)51-24-7-11-26-54(51)66-64/h1-40H. The van der Waals surface area contributed by atoms with E-state index >= 15 is 0 Å². The molecular formula is C65H40N4O. The molecule has 14 rings (SSSR count). The third kappa shape index (κ3) is 6.51. The number of aromatic nitrogens is 4. The molecule has 0 amide bonds. The highest BCUT2D eigenvalue weighted by atomic mass is 16.3. The van der Waals surface area contributed by atoms with Gasteiger partial charge in [-0.05, 0) is 65.2 Å². The maximum absolute atomic E-state index is 6.61. The Morgan fingerprint density at radius 2 is 0.857 bits per heavy atom. The molecule has 0 unspecified atom stereocenters. The first-order chi connectivity index (χ1) is 34.7. The van der Waals surface area contributed by atoms with Gasteiger partial charge >= 0.3 is 0 Å². The van der Waals surface area contributed by atoms with Crippen molar-refractivity contribution in [2.75, 3.05) is 0 Å². The fraction of sp³-hybridized carbons (Fsp3) is 0. The van der Waals surface area contributed by atoms with Gasteiger partial charge in [0.15, 0.2) is 5.82 Å². The molecular weight excluding hydrogens is 853 g/mol. The normalized spacial score (nSPS) is 11.7. The van der Waals surface area contributed by atoms with E-state index in [9.17, 15) is 0 Å². The summed E-state index contributed by atoms with van der Waals surface area (Å²) in [6, 6.07) is 85.4. The number of hydrogen-bond donors (Lipinski definition) is 0. The average molecular weight is 893 g/mol. The monoisotopic (exact) mass is 892 g/mol. The summed E-state index contributed by atoms with van der Waals surface area (Å²) >= 11 is 0. The van der Waals surface area contributed by atoms with E-state index in [0.717, 1.165) is 106 Å². The van der Waals surface area contributed by atoms with Crippen LogP contribution < -0.4 is 0 Å². The maximum Gasteiger partial charge on any atom is 0.160 e. The smallest absolute Gasteiger partial charge is 0.160 e. The van der Waals surface area contributed by atoms with E-state index in [1.165, 1.54) is 27.2 Å². The van der Waals surface area contributed by atoms with E-state index in [1.54, 1.807) is 0 Å². The van der Waals surface area contributed by atoms with E-state index in [0.29, 0.717) is 5.82 Å². The van der Waals surface area contributed by atoms with Crippen LogP contribution in [0.4, 0.5) is 0 Å². The molecule has 0 aliphatic carbocycles. The Kier molecular flexibility index (Phi) is 9.14. The van der Waals surface area contributed by atoms with Gasteiger partial charge in [0.25, 0.3) is 0 Å². The molecule has 5 nitrogen and oxygen atoms in total. The average Bonchev–Trinajstić information content (AvgIpc) is 3.98. The van der Waals surface area contributed by atoms with Crippen molar-refractivity contribution in [2.24, 2.45) is 0 Å². The first kappa shape index (κ1) is 39.7. The second-order valence-corrected chi connectivity index (χ2v) is 17.9. The minimum absolute atomic E-state index is 0.670. The van der Waals surface area contributed by atoms with Crippen molar-refractivity contribution in [2.45, 2.75) is 0 Å². The van der Waals surface area contributed by atoms with Gasteiger partial charge in [-0.25, -0.2) is 15.0 Å². The fourth-order valence-corrected chi connectivity index (χ4v) is 10.5. The highest BCUT2D eigenvalue weighted by Crippen LogP contribution is 2.46. The molecule has 4 aromatic heterocycles. The third-order valence-electron chi connectivity index (χ3n) is 13.8. The summed E-state index contributed by atoms with van der Waals surface area (Å²) in [5.74, 6) is 0.670. The summed E-state index contributed by atoms with van der Waals surface area (Å²) < 4.78 is 8.96. The molecule has 4 heterocycles. The summed E-state index contributed by atoms with van der Waals surface area (Å²) in [6.07, 6.45) is 0. The molecule has 0 saturated carbocycles. The SMILES string of the molecule is c1ccc(-c2cc(-c3cccc(-n4c5ccccc5c5ccccc54)c3)nc(-c3ccc(-c4ccc(-c5nc6ccccc6c6c(-c7ccccc7)c7c(cc56)oc5ccccc57)cc4)cc3)n2)cc1. The van der Waals surface area contributed by atoms with Crippen LogP contribution in [-0.4, -0.2) is 19.5 Å². The predicted octanol–water partition coefficient (Wildman–Crippen LogP) is 17.2. The number of furan rings is 1. The number of fused-ring (bicyclic) bond motifs is 9. The Balaban J connectivity index is 0.848. The van der Waals surface area contributed by atoms with Crippen molar-refractivity contribution < 1.29 is 4.42 Å². The highest BCUT2D eigenvalue weighted by Gasteiger charge is 2.22. The molecule has 326 valence electrons. The molecule has 0 aliphatic rings. The van der Waals surface area contributed by atoms with Crippen LogP contribution in [0.15, 0.2) is 247 Å². The predicted molar refractivity (Wildman–Crippen MR) is 289 cm³/mol. The second kappa shape index (κ2) is 16.1. The summed E-state index contributed by atoms with van der Waals surface area (Å²) in [5.41, 5.74) is 17.3. The van der Waals surface area contributed by atoms with E-state index in [4.69, 9.17) is 19.4 Å². The molecule has 0 bridgehead atoms. The van der Waals surface area contributed by atoms with Gasteiger partial charge in [0.2, 0.25) is 0 Å². The minimum atomic E-state index is 0.670. The lowest BCUT2D eigenvalue weighted by molar-refractivity contribution is 0.669. The number of rotatable bonds is 7. The number of pyridine rings is 1. The largest absolute Gasteiger partial charge is 0.456 e. The van der Waals surface area contributed by atoms with Gasteiger partial charge in [-0.15, -0.1) is 0 Å². The van der Waals surface area contributed by atoms with Gasteiger partial charge in [0.1, 0.15) is 11.2 Å². The van der Waals surface area contributed by atoms with E-state index in [1.807, 2.05) is 12.1 Å².